The van der Waals surface area contributed by atoms with E-state index in [4.69, 9.17) is 4.99 Å². The first-order chi connectivity index (χ1) is 10.7. The normalized spacial score (nSPS) is 30.7. The second-order valence-corrected chi connectivity index (χ2v) is 6.28. The molecule has 0 radical (unpaired) electrons. The molecule has 0 amide bonds. The van der Waals surface area contributed by atoms with Gasteiger partial charge in [0, 0.05) is 36.3 Å². The largest absolute Gasteiger partial charge is 0.376 e. The Balaban J connectivity index is 1.71. The summed E-state index contributed by atoms with van der Waals surface area (Å²) in [4.78, 5) is 7.43. The third-order valence-corrected chi connectivity index (χ3v) is 5.03. The maximum absolute atomic E-state index is 13.1. The molecule has 0 aromatic heterocycles. The van der Waals surface area contributed by atoms with E-state index < -0.39 is 6.30 Å². The van der Waals surface area contributed by atoms with Crippen molar-refractivity contribution in [3.05, 3.63) is 35.7 Å². The summed E-state index contributed by atoms with van der Waals surface area (Å²) in [6.45, 7) is 6.62. The summed E-state index contributed by atoms with van der Waals surface area (Å²) in [5.74, 6) is 0.666. The SMILES string of the molecule is CCN(CC)C1=CC[C@@H]2N=C(C3=CN[C@H](F)C=C3)CCC2C1. The Labute approximate surface area is 132 Å². The van der Waals surface area contributed by atoms with Crippen LogP contribution in [-0.2, 0) is 0 Å². The molecule has 0 bridgehead atoms. The highest BCUT2D eigenvalue weighted by atomic mass is 19.1. The molecule has 3 aliphatic rings. The van der Waals surface area contributed by atoms with E-state index in [1.54, 1.807) is 12.3 Å². The van der Waals surface area contributed by atoms with Crippen molar-refractivity contribution in [2.45, 2.75) is 51.9 Å². The molecule has 0 saturated carbocycles. The van der Waals surface area contributed by atoms with E-state index in [9.17, 15) is 4.39 Å². The van der Waals surface area contributed by atoms with Gasteiger partial charge in [0.25, 0.3) is 0 Å². The van der Waals surface area contributed by atoms with Gasteiger partial charge >= 0.3 is 0 Å². The summed E-state index contributed by atoms with van der Waals surface area (Å²) in [6.07, 6.45) is 10.9. The average molecular weight is 303 g/mol. The molecule has 1 aliphatic carbocycles. The zero-order valence-electron chi connectivity index (χ0n) is 13.6. The Bertz CT molecular complexity index is 528. The van der Waals surface area contributed by atoms with Gasteiger partial charge in [-0.25, -0.2) is 4.39 Å². The van der Waals surface area contributed by atoms with Crippen molar-refractivity contribution in [1.29, 1.82) is 0 Å². The molecule has 2 aliphatic heterocycles. The van der Waals surface area contributed by atoms with E-state index in [1.807, 2.05) is 6.08 Å². The number of rotatable bonds is 4. The molecule has 120 valence electrons. The molecule has 0 fully saturated rings. The molecule has 0 aromatic carbocycles. The molecule has 1 N–H and O–H groups in total. The van der Waals surface area contributed by atoms with Crippen LogP contribution >= 0.6 is 0 Å². The van der Waals surface area contributed by atoms with Crippen molar-refractivity contribution < 1.29 is 4.39 Å². The maximum atomic E-state index is 13.1. The average Bonchev–Trinajstić information content (AvgIpc) is 2.56. The minimum Gasteiger partial charge on any atom is -0.376 e. The van der Waals surface area contributed by atoms with Crippen LogP contribution in [0.25, 0.3) is 0 Å². The third kappa shape index (κ3) is 3.11. The number of hydrogen-bond donors (Lipinski definition) is 1. The maximum Gasteiger partial charge on any atom is 0.188 e. The van der Waals surface area contributed by atoms with Gasteiger partial charge in [0.2, 0.25) is 0 Å². The van der Waals surface area contributed by atoms with Gasteiger partial charge in [-0.05, 0) is 51.5 Å². The van der Waals surface area contributed by atoms with Crippen molar-refractivity contribution in [3.8, 4) is 0 Å². The van der Waals surface area contributed by atoms with Crippen LogP contribution in [0.1, 0.15) is 39.5 Å². The van der Waals surface area contributed by atoms with Crippen LogP contribution in [0.5, 0.6) is 0 Å². The molecule has 3 atom stereocenters. The van der Waals surface area contributed by atoms with Crippen LogP contribution in [0.2, 0.25) is 0 Å². The number of nitrogens with zero attached hydrogens (tertiary/aromatic N) is 2. The number of dihydropyridines is 1. The lowest BCUT2D eigenvalue weighted by Crippen LogP contribution is -2.34. The van der Waals surface area contributed by atoms with Gasteiger partial charge in [0.05, 0.1) is 6.04 Å². The molecular weight excluding hydrogens is 277 g/mol. The van der Waals surface area contributed by atoms with Gasteiger partial charge in [-0.1, -0.05) is 12.2 Å². The summed E-state index contributed by atoms with van der Waals surface area (Å²) >= 11 is 0. The van der Waals surface area contributed by atoms with E-state index in [-0.39, 0.29) is 0 Å². The summed E-state index contributed by atoms with van der Waals surface area (Å²) < 4.78 is 13.1. The fourth-order valence-electron chi connectivity index (χ4n) is 3.72. The van der Waals surface area contributed by atoms with Crippen LogP contribution in [0, 0.1) is 5.92 Å². The standard InChI is InChI=1S/C18H26FN3/c1-3-22(4-2)15-7-9-16-13(11-15)5-8-17(21-16)14-6-10-18(19)20-12-14/h6-7,10,12-13,16,18,20H,3-5,8-9,11H2,1-2H3/t13?,16-,18-/m0/s1. The first-order valence-corrected chi connectivity index (χ1v) is 8.50. The molecule has 22 heavy (non-hydrogen) atoms. The van der Waals surface area contributed by atoms with Crippen molar-refractivity contribution in [2.75, 3.05) is 13.1 Å². The van der Waals surface area contributed by atoms with Crippen LogP contribution < -0.4 is 5.32 Å². The van der Waals surface area contributed by atoms with Crippen molar-refractivity contribution in [1.82, 2.24) is 10.2 Å². The predicted molar refractivity (Wildman–Crippen MR) is 89.4 cm³/mol. The highest BCUT2D eigenvalue weighted by Gasteiger charge is 2.31. The minimum absolute atomic E-state index is 0.403. The van der Waals surface area contributed by atoms with Crippen molar-refractivity contribution in [3.63, 3.8) is 0 Å². The lowest BCUT2D eigenvalue weighted by atomic mass is 9.80. The molecule has 0 aromatic rings. The summed E-state index contributed by atoms with van der Waals surface area (Å²) in [5, 5.41) is 2.72. The molecule has 1 unspecified atom stereocenters. The Morgan fingerprint density at radius 1 is 1.36 bits per heavy atom. The number of fused-ring (bicyclic) bond motifs is 1. The monoisotopic (exact) mass is 303 g/mol. The second kappa shape index (κ2) is 6.67. The topological polar surface area (TPSA) is 27.6 Å². The first-order valence-electron chi connectivity index (χ1n) is 8.50. The zero-order chi connectivity index (χ0) is 15.5. The summed E-state index contributed by atoms with van der Waals surface area (Å²) in [7, 11) is 0. The zero-order valence-corrected chi connectivity index (χ0v) is 13.6. The minimum atomic E-state index is -1.06. The number of aliphatic imine (C=N–C) groups is 1. The van der Waals surface area contributed by atoms with E-state index in [0.717, 1.165) is 43.6 Å². The fourth-order valence-corrected chi connectivity index (χ4v) is 3.72. The van der Waals surface area contributed by atoms with Crippen LogP contribution in [-0.4, -0.2) is 36.0 Å². The van der Waals surface area contributed by atoms with Crippen LogP contribution in [0.4, 0.5) is 4.39 Å². The highest BCUT2D eigenvalue weighted by molar-refractivity contribution is 6.03. The predicted octanol–water partition coefficient (Wildman–Crippen LogP) is 3.56. The molecule has 0 spiro atoms. The summed E-state index contributed by atoms with van der Waals surface area (Å²) in [5.41, 5.74) is 3.69. The van der Waals surface area contributed by atoms with E-state index >= 15 is 0 Å². The lowest BCUT2D eigenvalue weighted by molar-refractivity contribution is 0.291. The second-order valence-electron chi connectivity index (χ2n) is 6.28. The number of nitrogens with one attached hydrogen (secondary N) is 1. The quantitative estimate of drug-likeness (QED) is 0.804. The van der Waals surface area contributed by atoms with Crippen molar-refractivity contribution >= 4 is 5.71 Å². The number of allylic oxidation sites excluding steroid dienone is 3. The summed E-state index contributed by atoms with van der Waals surface area (Å²) in [6, 6.07) is 0.403. The first kappa shape index (κ1) is 15.3. The Kier molecular flexibility index (Phi) is 4.65. The fraction of sp³-hybridized carbons (Fsp3) is 0.611. The van der Waals surface area contributed by atoms with Gasteiger partial charge in [0.1, 0.15) is 0 Å². The van der Waals surface area contributed by atoms with Gasteiger partial charge in [-0.3, -0.25) is 4.99 Å². The van der Waals surface area contributed by atoms with E-state index in [2.05, 4.69) is 30.1 Å². The number of hydrogen-bond acceptors (Lipinski definition) is 3. The van der Waals surface area contributed by atoms with Crippen LogP contribution in [0.3, 0.4) is 0 Å². The Hall–Kier alpha value is -1.58. The van der Waals surface area contributed by atoms with Gasteiger partial charge in [0.15, 0.2) is 6.30 Å². The van der Waals surface area contributed by atoms with E-state index in [0.29, 0.717) is 12.0 Å². The molecule has 2 heterocycles. The van der Waals surface area contributed by atoms with Gasteiger partial charge < -0.3 is 10.2 Å². The lowest BCUT2D eigenvalue weighted by Gasteiger charge is -2.37. The Morgan fingerprint density at radius 3 is 2.86 bits per heavy atom. The number of halogens is 1. The molecule has 4 heteroatoms. The molecule has 0 saturated heterocycles. The molecular formula is C18H26FN3. The molecule has 3 rings (SSSR count). The van der Waals surface area contributed by atoms with Gasteiger partial charge in [-0.15, -0.1) is 0 Å². The Morgan fingerprint density at radius 2 is 2.18 bits per heavy atom. The molecule has 3 nitrogen and oxygen atoms in total. The van der Waals surface area contributed by atoms with E-state index in [1.165, 1.54) is 12.1 Å². The van der Waals surface area contributed by atoms with Crippen LogP contribution in [0.15, 0.2) is 40.7 Å². The number of alkyl halides is 1. The third-order valence-electron chi connectivity index (χ3n) is 5.03. The smallest absolute Gasteiger partial charge is 0.188 e. The van der Waals surface area contributed by atoms with Gasteiger partial charge in [-0.2, -0.15) is 0 Å². The highest BCUT2D eigenvalue weighted by Crippen LogP contribution is 2.36. The van der Waals surface area contributed by atoms with Crippen molar-refractivity contribution in [2.24, 2.45) is 10.9 Å².